The predicted octanol–water partition coefficient (Wildman–Crippen LogP) is 6.43. The molecule has 1 heterocycles. The van der Waals surface area contributed by atoms with Crippen LogP contribution in [0.4, 0.5) is 26.3 Å². The predicted molar refractivity (Wildman–Crippen MR) is 126 cm³/mol. The number of halogens is 6. The summed E-state index contributed by atoms with van der Waals surface area (Å²) in [7, 11) is 0. The third-order valence-electron chi connectivity index (χ3n) is 5.80. The van der Waals surface area contributed by atoms with Gasteiger partial charge in [0.05, 0.1) is 6.20 Å². The first-order valence-corrected chi connectivity index (χ1v) is 11.4. The Morgan fingerprint density at radius 1 is 0.769 bits per heavy atom. The molecule has 3 aromatic carbocycles. The van der Waals surface area contributed by atoms with Crippen molar-refractivity contribution in [2.75, 3.05) is 6.54 Å². The van der Waals surface area contributed by atoms with E-state index in [1.807, 2.05) is 0 Å². The smallest absolute Gasteiger partial charge is 0.406 e. The molecule has 0 radical (unpaired) electrons. The molecule has 0 atom stereocenters. The van der Waals surface area contributed by atoms with Gasteiger partial charge >= 0.3 is 12.7 Å². The molecule has 12 heteroatoms. The zero-order valence-corrected chi connectivity index (χ0v) is 19.9. The highest BCUT2D eigenvalue weighted by molar-refractivity contribution is 5.91. The molecule has 0 aliphatic carbocycles. The SMILES string of the molecule is O=C(NCC(Cc1ccccc1)(c1cccc(OC(F)(F)F)c1)c1cccc(OC(F)(F)F)c1)c1ccno1. The normalized spacial score (nSPS) is 12.2. The number of carbonyl (C=O) groups excluding carboxylic acids is 1. The number of nitrogens with one attached hydrogen (secondary N) is 1. The molecule has 0 unspecified atom stereocenters. The number of benzene rings is 3. The van der Waals surface area contributed by atoms with Crippen LogP contribution in [0.15, 0.2) is 95.6 Å². The van der Waals surface area contributed by atoms with Crippen molar-refractivity contribution in [3.63, 3.8) is 0 Å². The number of carbonyl (C=O) groups is 1. The van der Waals surface area contributed by atoms with E-state index in [9.17, 15) is 31.1 Å². The van der Waals surface area contributed by atoms with E-state index < -0.39 is 35.5 Å². The summed E-state index contributed by atoms with van der Waals surface area (Å²) in [6.45, 7) is -0.258. The van der Waals surface area contributed by atoms with Crippen molar-refractivity contribution in [1.82, 2.24) is 10.5 Å². The molecule has 6 nitrogen and oxygen atoms in total. The van der Waals surface area contributed by atoms with Gasteiger partial charge in [-0.3, -0.25) is 4.79 Å². The lowest BCUT2D eigenvalue weighted by molar-refractivity contribution is -0.275. The molecule has 0 saturated carbocycles. The topological polar surface area (TPSA) is 73.6 Å². The van der Waals surface area contributed by atoms with Crippen LogP contribution in [0.3, 0.4) is 0 Å². The number of ether oxygens (including phenoxy) is 2. The van der Waals surface area contributed by atoms with Crippen LogP contribution in [-0.4, -0.2) is 30.3 Å². The fraction of sp³-hybridized carbons (Fsp3) is 0.185. The Morgan fingerprint density at radius 3 is 1.82 bits per heavy atom. The molecule has 0 fully saturated rings. The van der Waals surface area contributed by atoms with Gasteiger partial charge in [-0.1, -0.05) is 59.8 Å². The van der Waals surface area contributed by atoms with Gasteiger partial charge < -0.3 is 19.3 Å². The van der Waals surface area contributed by atoms with E-state index in [1.54, 1.807) is 30.3 Å². The Bertz CT molecular complexity index is 1330. The maximum Gasteiger partial charge on any atom is 0.573 e. The van der Waals surface area contributed by atoms with Crippen molar-refractivity contribution in [2.24, 2.45) is 0 Å². The number of aromatic nitrogens is 1. The molecule has 0 saturated heterocycles. The maximum absolute atomic E-state index is 13.0. The highest BCUT2D eigenvalue weighted by atomic mass is 19.4. The number of hydrogen-bond acceptors (Lipinski definition) is 5. The molecule has 1 amide bonds. The van der Waals surface area contributed by atoms with E-state index >= 15 is 0 Å². The Labute approximate surface area is 218 Å². The minimum Gasteiger partial charge on any atom is -0.406 e. The van der Waals surface area contributed by atoms with Crippen molar-refractivity contribution in [3.05, 3.63) is 114 Å². The lowest BCUT2D eigenvalue weighted by atomic mass is 9.70. The summed E-state index contributed by atoms with van der Waals surface area (Å²) >= 11 is 0. The van der Waals surface area contributed by atoms with Crippen molar-refractivity contribution in [2.45, 2.75) is 24.6 Å². The lowest BCUT2D eigenvalue weighted by Crippen LogP contribution is -2.43. The van der Waals surface area contributed by atoms with Crippen molar-refractivity contribution >= 4 is 5.91 Å². The van der Waals surface area contributed by atoms with Gasteiger partial charge in [-0.25, -0.2) is 0 Å². The molecule has 0 spiro atoms. The fourth-order valence-electron chi connectivity index (χ4n) is 4.21. The molecule has 1 N–H and O–H groups in total. The van der Waals surface area contributed by atoms with Gasteiger partial charge in [0.25, 0.3) is 5.91 Å². The molecular weight excluding hydrogens is 530 g/mol. The first-order chi connectivity index (χ1) is 18.4. The Kier molecular flexibility index (Phi) is 7.84. The molecule has 1 aromatic heterocycles. The van der Waals surface area contributed by atoms with E-state index in [0.717, 1.165) is 24.3 Å². The summed E-state index contributed by atoms with van der Waals surface area (Å²) in [5, 5.41) is 6.16. The second-order valence-electron chi connectivity index (χ2n) is 8.46. The zero-order chi connectivity index (χ0) is 28.1. The number of nitrogens with zero attached hydrogens (tertiary/aromatic N) is 1. The lowest BCUT2D eigenvalue weighted by Gasteiger charge is -2.36. The van der Waals surface area contributed by atoms with Gasteiger partial charge in [0.1, 0.15) is 11.5 Å². The van der Waals surface area contributed by atoms with Crippen LogP contribution in [0.5, 0.6) is 11.5 Å². The summed E-state index contributed by atoms with van der Waals surface area (Å²) < 4.78 is 91.4. The number of alkyl halides is 6. The maximum atomic E-state index is 13.0. The highest BCUT2D eigenvalue weighted by Gasteiger charge is 2.38. The molecule has 204 valence electrons. The molecule has 39 heavy (non-hydrogen) atoms. The number of hydrogen-bond donors (Lipinski definition) is 1. The Morgan fingerprint density at radius 2 is 1.33 bits per heavy atom. The third-order valence-corrected chi connectivity index (χ3v) is 5.80. The van der Waals surface area contributed by atoms with Crippen LogP contribution in [0.25, 0.3) is 0 Å². The summed E-state index contributed by atoms with van der Waals surface area (Å²) in [5.74, 6) is -1.90. The summed E-state index contributed by atoms with van der Waals surface area (Å²) in [4.78, 5) is 12.8. The Hall–Kier alpha value is -4.48. The van der Waals surface area contributed by atoms with Gasteiger partial charge in [-0.15, -0.1) is 26.3 Å². The van der Waals surface area contributed by atoms with Crippen molar-refractivity contribution in [3.8, 4) is 11.5 Å². The van der Waals surface area contributed by atoms with Crippen LogP contribution in [-0.2, 0) is 11.8 Å². The second-order valence-corrected chi connectivity index (χ2v) is 8.46. The quantitative estimate of drug-likeness (QED) is 0.243. The largest absolute Gasteiger partial charge is 0.573 e. The summed E-state index contributed by atoms with van der Waals surface area (Å²) in [6.07, 6.45) is -8.65. The Balaban J connectivity index is 1.88. The van der Waals surface area contributed by atoms with Crippen LogP contribution in [0.2, 0.25) is 0 Å². The average molecular weight is 550 g/mol. The van der Waals surface area contributed by atoms with Crippen LogP contribution in [0.1, 0.15) is 27.2 Å². The fourth-order valence-corrected chi connectivity index (χ4v) is 4.21. The molecule has 0 bridgehead atoms. The zero-order valence-electron chi connectivity index (χ0n) is 19.9. The second kappa shape index (κ2) is 11.1. The summed E-state index contributed by atoms with van der Waals surface area (Å²) in [5.41, 5.74) is -0.242. The van der Waals surface area contributed by atoms with E-state index in [2.05, 4.69) is 19.9 Å². The van der Waals surface area contributed by atoms with Crippen molar-refractivity contribution < 1.29 is 45.1 Å². The van der Waals surface area contributed by atoms with Gasteiger partial charge in [0, 0.05) is 18.0 Å². The third kappa shape index (κ3) is 7.30. The van der Waals surface area contributed by atoms with E-state index in [4.69, 9.17) is 4.52 Å². The number of rotatable bonds is 9. The standard InChI is InChI=1S/C27H20F6N2O4/c28-26(29,30)37-21-10-4-8-19(14-21)25(16-18-6-2-1-3-7-18,17-34-24(36)23-12-13-35-39-23)20-9-5-11-22(15-20)38-27(31,32)33/h1-15H,16-17H2,(H,34,36). The van der Waals surface area contributed by atoms with E-state index in [0.29, 0.717) is 5.56 Å². The minimum atomic E-state index is -4.98. The summed E-state index contributed by atoms with van der Waals surface area (Å²) in [6, 6.07) is 20.2. The van der Waals surface area contributed by atoms with Crippen LogP contribution in [0, 0.1) is 0 Å². The first-order valence-electron chi connectivity index (χ1n) is 11.4. The molecule has 4 aromatic rings. The van der Waals surface area contributed by atoms with Gasteiger partial charge in [0.15, 0.2) is 0 Å². The highest BCUT2D eigenvalue weighted by Crippen LogP contribution is 2.40. The minimum absolute atomic E-state index is 0.0649. The van der Waals surface area contributed by atoms with Crippen LogP contribution < -0.4 is 14.8 Å². The van der Waals surface area contributed by atoms with Gasteiger partial charge in [-0.2, -0.15) is 0 Å². The van der Waals surface area contributed by atoms with E-state index in [-0.39, 0.29) is 29.9 Å². The molecule has 0 aliphatic heterocycles. The average Bonchev–Trinajstić information content (AvgIpc) is 3.41. The monoisotopic (exact) mass is 550 g/mol. The first kappa shape index (κ1) is 27.6. The molecule has 0 aliphatic rings. The van der Waals surface area contributed by atoms with Gasteiger partial charge in [0.2, 0.25) is 5.76 Å². The molecule has 4 rings (SSSR count). The van der Waals surface area contributed by atoms with Crippen molar-refractivity contribution in [1.29, 1.82) is 0 Å². The van der Waals surface area contributed by atoms with Gasteiger partial charge in [-0.05, 0) is 47.4 Å². The van der Waals surface area contributed by atoms with Crippen LogP contribution >= 0.6 is 0 Å². The molecular formula is C27H20F6N2O4. The van der Waals surface area contributed by atoms with E-state index in [1.165, 1.54) is 36.5 Å². The number of amides is 1.